The van der Waals surface area contributed by atoms with Crippen LogP contribution in [0.5, 0.6) is 0 Å². The van der Waals surface area contributed by atoms with Crippen LogP contribution >= 0.6 is 0 Å². The molecule has 0 atom stereocenters. The summed E-state index contributed by atoms with van der Waals surface area (Å²) in [6, 6.07) is 17.7. The maximum Gasteiger partial charge on any atom is 0.321 e. The number of hydrogen-bond donors (Lipinski definition) is 1. The molecule has 0 aromatic heterocycles. The Kier molecular flexibility index (Phi) is 5.20. The van der Waals surface area contributed by atoms with Crippen molar-refractivity contribution >= 4 is 17.4 Å². The Hall–Kier alpha value is -3.00. The van der Waals surface area contributed by atoms with Gasteiger partial charge in [0.15, 0.2) is 0 Å². The monoisotopic (exact) mass is 334 g/mol. The van der Waals surface area contributed by atoms with Gasteiger partial charge in [0.1, 0.15) is 0 Å². The van der Waals surface area contributed by atoms with Gasteiger partial charge in [0.2, 0.25) is 0 Å². The highest BCUT2D eigenvalue weighted by molar-refractivity contribution is 5.89. The summed E-state index contributed by atoms with van der Waals surface area (Å²) in [5.74, 6) is 0. The molecule has 2 aromatic rings. The first kappa shape index (κ1) is 16.8. The van der Waals surface area contributed by atoms with Crippen LogP contribution in [0.2, 0.25) is 0 Å². The lowest BCUT2D eigenvalue weighted by Gasteiger charge is -2.36. The number of nitrogens with one attached hydrogen (secondary N) is 1. The Morgan fingerprint density at radius 1 is 1.12 bits per heavy atom. The maximum atomic E-state index is 12.4. The van der Waals surface area contributed by atoms with Gasteiger partial charge in [-0.2, -0.15) is 5.26 Å². The second-order valence-electron chi connectivity index (χ2n) is 6.12. The number of anilines is 2. The largest absolute Gasteiger partial charge is 0.368 e. The van der Waals surface area contributed by atoms with Crippen molar-refractivity contribution in [1.29, 1.82) is 5.26 Å². The molecule has 0 aliphatic carbocycles. The number of piperazine rings is 1. The molecular weight excluding hydrogens is 312 g/mol. The molecule has 5 heteroatoms. The number of nitrogens with zero attached hydrogens (tertiary/aromatic N) is 3. The number of benzene rings is 2. The number of aryl methyl sites for hydroxylation is 1. The summed E-state index contributed by atoms with van der Waals surface area (Å²) < 4.78 is 0. The van der Waals surface area contributed by atoms with Gasteiger partial charge in [-0.05, 0) is 42.3 Å². The minimum atomic E-state index is -0.0605. The Morgan fingerprint density at radius 2 is 1.84 bits per heavy atom. The summed E-state index contributed by atoms with van der Waals surface area (Å²) in [5, 5.41) is 12.0. The highest BCUT2D eigenvalue weighted by atomic mass is 16.2. The number of hydrogen-bond acceptors (Lipinski definition) is 3. The molecule has 5 nitrogen and oxygen atoms in total. The van der Waals surface area contributed by atoms with Crippen molar-refractivity contribution in [3.63, 3.8) is 0 Å². The molecule has 128 valence electrons. The van der Waals surface area contributed by atoms with E-state index in [4.69, 9.17) is 5.26 Å². The fraction of sp³-hybridized carbons (Fsp3) is 0.300. The Balaban J connectivity index is 1.56. The van der Waals surface area contributed by atoms with Crippen molar-refractivity contribution in [3.8, 4) is 6.07 Å². The maximum absolute atomic E-state index is 12.4. The lowest BCUT2D eigenvalue weighted by atomic mass is 10.1. The molecule has 1 saturated heterocycles. The molecule has 0 saturated carbocycles. The van der Waals surface area contributed by atoms with Crippen LogP contribution in [0.1, 0.15) is 18.1 Å². The number of carbonyl (C=O) groups excluding carboxylic acids is 1. The Bertz CT molecular complexity index is 771. The molecule has 1 aliphatic rings. The average Bonchev–Trinajstić information content (AvgIpc) is 2.68. The molecular formula is C20H22N4O. The van der Waals surface area contributed by atoms with Crippen molar-refractivity contribution in [2.45, 2.75) is 13.3 Å². The summed E-state index contributed by atoms with van der Waals surface area (Å²) in [6.07, 6.45) is 0.989. The SMILES string of the molecule is CCc1ccc(NC(=O)N2CCN(c3cccc(C#N)c3)CC2)cc1. The lowest BCUT2D eigenvalue weighted by molar-refractivity contribution is 0.208. The van der Waals surface area contributed by atoms with E-state index in [1.165, 1.54) is 5.56 Å². The third kappa shape index (κ3) is 4.10. The third-order valence-electron chi connectivity index (χ3n) is 4.52. The fourth-order valence-corrected chi connectivity index (χ4v) is 2.97. The van der Waals surface area contributed by atoms with E-state index in [2.05, 4.69) is 23.2 Å². The van der Waals surface area contributed by atoms with Crippen molar-refractivity contribution in [2.75, 3.05) is 36.4 Å². The van der Waals surface area contributed by atoms with Crippen LogP contribution in [0.4, 0.5) is 16.2 Å². The zero-order chi connectivity index (χ0) is 17.6. The predicted octanol–water partition coefficient (Wildman–Crippen LogP) is 3.47. The van der Waals surface area contributed by atoms with Gasteiger partial charge in [-0.1, -0.05) is 25.1 Å². The van der Waals surface area contributed by atoms with Gasteiger partial charge in [-0.25, -0.2) is 4.79 Å². The van der Waals surface area contributed by atoms with Gasteiger partial charge in [-0.3, -0.25) is 0 Å². The van der Waals surface area contributed by atoms with Gasteiger partial charge in [-0.15, -0.1) is 0 Å². The standard InChI is InChI=1S/C20H22N4O/c1-2-16-6-8-18(9-7-16)22-20(25)24-12-10-23(11-13-24)19-5-3-4-17(14-19)15-21/h3-9,14H,2,10-13H2,1H3,(H,22,25). The molecule has 2 aromatic carbocycles. The van der Waals surface area contributed by atoms with E-state index in [1.54, 1.807) is 6.07 Å². The van der Waals surface area contributed by atoms with Gasteiger partial charge >= 0.3 is 6.03 Å². The van der Waals surface area contributed by atoms with E-state index < -0.39 is 0 Å². The molecule has 0 bridgehead atoms. The number of carbonyl (C=O) groups is 1. The van der Waals surface area contributed by atoms with Crippen LogP contribution in [0.15, 0.2) is 48.5 Å². The molecule has 2 amide bonds. The molecule has 1 aliphatic heterocycles. The highest BCUT2D eigenvalue weighted by Gasteiger charge is 2.21. The summed E-state index contributed by atoms with van der Waals surface area (Å²) >= 11 is 0. The van der Waals surface area contributed by atoms with E-state index >= 15 is 0 Å². The second-order valence-corrected chi connectivity index (χ2v) is 6.12. The van der Waals surface area contributed by atoms with Gasteiger partial charge < -0.3 is 15.1 Å². The van der Waals surface area contributed by atoms with Crippen molar-refractivity contribution in [2.24, 2.45) is 0 Å². The molecule has 0 spiro atoms. The lowest BCUT2D eigenvalue weighted by Crippen LogP contribution is -2.50. The van der Waals surface area contributed by atoms with Crippen molar-refractivity contribution in [1.82, 2.24) is 4.90 Å². The molecule has 1 fully saturated rings. The van der Waals surface area contributed by atoms with Crippen LogP contribution in [-0.4, -0.2) is 37.1 Å². The van der Waals surface area contributed by atoms with E-state index in [0.717, 1.165) is 30.9 Å². The molecule has 25 heavy (non-hydrogen) atoms. The van der Waals surface area contributed by atoms with Gasteiger partial charge in [0.25, 0.3) is 0 Å². The minimum Gasteiger partial charge on any atom is -0.368 e. The van der Waals surface area contributed by atoms with Gasteiger partial charge in [0.05, 0.1) is 11.6 Å². The van der Waals surface area contributed by atoms with E-state index in [1.807, 2.05) is 47.4 Å². The molecule has 1 N–H and O–H groups in total. The van der Waals surface area contributed by atoms with Crippen molar-refractivity contribution in [3.05, 3.63) is 59.7 Å². The second kappa shape index (κ2) is 7.71. The number of nitriles is 1. The zero-order valence-corrected chi connectivity index (χ0v) is 14.4. The summed E-state index contributed by atoms with van der Waals surface area (Å²) in [6.45, 7) is 4.96. The number of rotatable bonds is 3. The summed E-state index contributed by atoms with van der Waals surface area (Å²) in [5.41, 5.74) is 3.78. The van der Waals surface area contributed by atoms with Crippen LogP contribution in [-0.2, 0) is 6.42 Å². The van der Waals surface area contributed by atoms with Crippen molar-refractivity contribution < 1.29 is 4.79 Å². The highest BCUT2D eigenvalue weighted by Crippen LogP contribution is 2.18. The molecule has 0 radical (unpaired) electrons. The normalized spacial score (nSPS) is 14.1. The topological polar surface area (TPSA) is 59.4 Å². The summed E-state index contributed by atoms with van der Waals surface area (Å²) in [7, 11) is 0. The molecule has 1 heterocycles. The number of amides is 2. The van der Waals surface area contributed by atoms with Gasteiger partial charge in [0, 0.05) is 37.6 Å². The van der Waals surface area contributed by atoms with E-state index in [-0.39, 0.29) is 6.03 Å². The first-order valence-corrected chi connectivity index (χ1v) is 8.59. The van der Waals surface area contributed by atoms with E-state index in [9.17, 15) is 4.79 Å². The Labute approximate surface area is 148 Å². The quantitative estimate of drug-likeness (QED) is 0.935. The fourth-order valence-electron chi connectivity index (χ4n) is 2.97. The smallest absolute Gasteiger partial charge is 0.321 e. The van der Waals surface area contributed by atoms with Crippen LogP contribution < -0.4 is 10.2 Å². The average molecular weight is 334 g/mol. The molecule has 0 unspecified atom stereocenters. The predicted molar refractivity (Wildman–Crippen MR) is 99.8 cm³/mol. The minimum absolute atomic E-state index is 0.0605. The van der Waals surface area contributed by atoms with Crippen LogP contribution in [0, 0.1) is 11.3 Å². The first-order chi connectivity index (χ1) is 12.2. The van der Waals surface area contributed by atoms with E-state index in [0.29, 0.717) is 18.7 Å². The molecule has 3 rings (SSSR count). The third-order valence-corrected chi connectivity index (χ3v) is 4.52. The zero-order valence-electron chi connectivity index (χ0n) is 14.4. The first-order valence-electron chi connectivity index (χ1n) is 8.59. The summed E-state index contributed by atoms with van der Waals surface area (Å²) in [4.78, 5) is 16.5. The van der Waals surface area contributed by atoms with Crippen LogP contribution in [0.3, 0.4) is 0 Å². The Morgan fingerprint density at radius 3 is 2.48 bits per heavy atom. The van der Waals surface area contributed by atoms with Crippen LogP contribution in [0.25, 0.3) is 0 Å². The number of urea groups is 1.